The molecule has 1 saturated carbocycles. The fourth-order valence-corrected chi connectivity index (χ4v) is 5.40. The third-order valence-electron chi connectivity index (χ3n) is 7.34. The van der Waals surface area contributed by atoms with Crippen LogP contribution in [-0.4, -0.2) is 64.6 Å². The number of aryl methyl sites for hydroxylation is 1. The van der Waals surface area contributed by atoms with Gasteiger partial charge in [-0.15, -0.1) is 0 Å². The van der Waals surface area contributed by atoms with Gasteiger partial charge in [-0.05, 0) is 42.3 Å². The van der Waals surface area contributed by atoms with Crippen LogP contribution >= 0.6 is 0 Å². The topological polar surface area (TPSA) is 68.8 Å². The van der Waals surface area contributed by atoms with Crippen molar-refractivity contribution >= 4 is 16.9 Å². The van der Waals surface area contributed by atoms with Crippen molar-refractivity contribution in [1.82, 2.24) is 14.8 Å². The number of H-pyrrole nitrogens is 1. The first-order chi connectivity index (χ1) is 16.3. The SMILES string of the molecule is COc1cc(C)c2[nH]ccc2c1CN1CCN(C2CC(F)(F)C2)CC1c1ccc(C(=O)O)cc1. The third kappa shape index (κ3) is 4.16. The number of rotatable bonds is 6. The highest BCUT2D eigenvalue weighted by Gasteiger charge is 2.49. The molecule has 1 atom stereocenters. The second kappa shape index (κ2) is 8.67. The highest BCUT2D eigenvalue weighted by atomic mass is 19.3. The lowest BCUT2D eigenvalue weighted by molar-refractivity contribution is -0.134. The number of hydrogen-bond acceptors (Lipinski definition) is 4. The molecule has 1 aliphatic heterocycles. The number of hydrogen-bond donors (Lipinski definition) is 2. The molecule has 3 aromatic rings. The minimum atomic E-state index is -2.56. The molecule has 2 N–H and O–H groups in total. The molecule has 8 heteroatoms. The van der Waals surface area contributed by atoms with Gasteiger partial charge < -0.3 is 14.8 Å². The van der Waals surface area contributed by atoms with E-state index < -0.39 is 11.9 Å². The van der Waals surface area contributed by atoms with Crippen molar-refractivity contribution in [2.75, 3.05) is 26.7 Å². The van der Waals surface area contributed by atoms with Crippen LogP contribution in [0, 0.1) is 6.92 Å². The van der Waals surface area contributed by atoms with E-state index >= 15 is 0 Å². The molecule has 2 aromatic carbocycles. The molecule has 5 rings (SSSR count). The summed E-state index contributed by atoms with van der Waals surface area (Å²) in [5.74, 6) is -2.70. The Labute approximate surface area is 197 Å². The van der Waals surface area contributed by atoms with Gasteiger partial charge in [0.15, 0.2) is 0 Å². The van der Waals surface area contributed by atoms with Crippen molar-refractivity contribution in [3.8, 4) is 5.75 Å². The van der Waals surface area contributed by atoms with Crippen LogP contribution in [0.15, 0.2) is 42.6 Å². The predicted molar refractivity (Wildman–Crippen MR) is 126 cm³/mol. The van der Waals surface area contributed by atoms with E-state index in [-0.39, 0.29) is 30.5 Å². The monoisotopic (exact) mass is 469 g/mol. The molecular formula is C26H29F2N3O3. The van der Waals surface area contributed by atoms with Gasteiger partial charge in [0.2, 0.25) is 0 Å². The number of carboxylic acids is 1. The van der Waals surface area contributed by atoms with Crippen LogP contribution in [0.25, 0.3) is 10.9 Å². The van der Waals surface area contributed by atoms with Crippen molar-refractivity contribution in [3.63, 3.8) is 0 Å². The Bertz CT molecular complexity index is 1200. The Morgan fingerprint density at radius 3 is 2.59 bits per heavy atom. The number of aromatic nitrogens is 1. The Morgan fingerprint density at radius 2 is 1.94 bits per heavy atom. The number of benzene rings is 2. The average molecular weight is 470 g/mol. The van der Waals surface area contributed by atoms with Gasteiger partial charge in [0.05, 0.1) is 12.7 Å². The predicted octanol–water partition coefficient (Wildman–Crippen LogP) is 4.84. The molecule has 1 aromatic heterocycles. The maximum atomic E-state index is 13.6. The molecule has 6 nitrogen and oxygen atoms in total. The summed E-state index contributed by atoms with van der Waals surface area (Å²) in [5, 5.41) is 10.4. The van der Waals surface area contributed by atoms with Crippen LogP contribution in [0.1, 0.15) is 45.9 Å². The maximum Gasteiger partial charge on any atom is 0.335 e. The zero-order valence-electron chi connectivity index (χ0n) is 19.4. The van der Waals surface area contributed by atoms with E-state index in [2.05, 4.69) is 20.9 Å². The molecule has 2 heterocycles. The number of piperazine rings is 1. The number of methoxy groups -OCH3 is 1. The number of carbonyl (C=O) groups is 1. The summed E-state index contributed by atoms with van der Waals surface area (Å²) in [6.45, 7) is 4.74. The van der Waals surface area contributed by atoms with Gasteiger partial charge in [-0.2, -0.15) is 0 Å². The van der Waals surface area contributed by atoms with Gasteiger partial charge in [0.1, 0.15) is 5.75 Å². The van der Waals surface area contributed by atoms with E-state index in [1.807, 2.05) is 31.3 Å². The van der Waals surface area contributed by atoms with Crippen LogP contribution in [0.5, 0.6) is 5.75 Å². The summed E-state index contributed by atoms with van der Waals surface area (Å²) in [7, 11) is 1.67. The molecule has 180 valence electrons. The summed E-state index contributed by atoms with van der Waals surface area (Å²) < 4.78 is 32.9. The van der Waals surface area contributed by atoms with Gasteiger partial charge in [-0.25, -0.2) is 13.6 Å². The van der Waals surface area contributed by atoms with Crippen molar-refractivity contribution in [1.29, 1.82) is 0 Å². The highest BCUT2D eigenvalue weighted by Crippen LogP contribution is 2.43. The number of aromatic carboxylic acids is 1. The highest BCUT2D eigenvalue weighted by molar-refractivity contribution is 5.88. The zero-order chi connectivity index (χ0) is 24.0. The molecular weight excluding hydrogens is 440 g/mol. The van der Waals surface area contributed by atoms with Crippen LogP contribution in [0.3, 0.4) is 0 Å². The number of carboxylic acid groups (broad SMARTS) is 1. The smallest absolute Gasteiger partial charge is 0.335 e. The van der Waals surface area contributed by atoms with E-state index in [0.29, 0.717) is 13.1 Å². The Kier molecular flexibility index (Phi) is 5.81. The fourth-order valence-electron chi connectivity index (χ4n) is 5.40. The first kappa shape index (κ1) is 22.8. The van der Waals surface area contributed by atoms with E-state index in [4.69, 9.17) is 4.74 Å². The molecule has 0 spiro atoms. The summed E-state index contributed by atoms with van der Waals surface area (Å²) >= 11 is 0. The van der Waals surface area contributed by atoms with Gasteiger partial charge >= 0.3 is 5.97 Å². The summed E-state index contributed by atoms with van der Waals surface area (Å²) in [6, 6.07) is 10.9. The average Bonchev–Trinajstić information content (AvgIpc) is 3.30. The third-order valence-corrected chi connectivity index (χ3v) is 7.34. The molecule has 2 fully saturated rings. The van der Waals surface area contributed by atoms with Crippen LogP contribution < -0.4 is 4.74 Å². The zero-order valence-corrected chi connectivity index (χ0v) is 19.4. The van der Waals surface area contributed by atoms with Gasteiger partial charge in [0.25, 0.3) is 5.92 Å². The maximum absolute atomic E-state index is 13.6. The molecule has 1 aliphatic carbocycles. The quantitative estimate of drug-likeness (QED) is 0.541. The van der Waals surface area contributed by atoms with Crippen molar-refractivity contribution in [2.24, 2.45) is 0 Å². The van der Waals surface area contributed by atoms with Crippen LogP contribution in [0.4, 0.5) is 8.78 Å². The number of nitrogens with one attached hydrogen (secondary N) is 1. The lowest BCUT2D eigenvalue weighted by Gasteiger charge is -2.49. The number of nitrogens with zero attached hydrogens (tertiary/aromatic N) is 2. The fraction of sp³-hybridized carbons (Fsp3) is 0.423. The molecule has 34 heavy (non-hydrogen) atoms. The first-order valence-corrected chi connectivity index (χ1v) is 11.6. The number of alkyl halides is 2. The van der Waals surface area contributed by atoms with Gasteiger partial charge in [-0.3, -0.25) is 9.80 Å². The van der Waals surface area contributed by atoms with Crippen molar-refractivity contribution in [2.45, 2.75) is 44.3 Å². The van der Waals surface area contributed by atoms with Gasteiger partial charge in [-0.1, -0.05) is 12.1 Å². The minimum Gasteiger partial charge on any atom is -0.496 e. The number of aromatic amines is 1. The number of halogens is 2. The largest absolute Gasteiger partial charge is 0.496 e. The van der Waals surface area contributed by atoms with Crippen LogP contribution in [0.2, 0.25) is 0 Å². The minimum absolute atomic E-state index is 0.0502. The normalized spacial score (nSPS) is 21.5. The summed E-state index contributed by atoms with van der Waals surface area (Å²) in [5.41, 5.74) is 4.48. The molecule has 0 radical (unpaired) electrons. The summed E-state index contributed by atoms with van der Waals surface area (Å²) in [6.07, 6.45) is 1.75. The number of ether oxygens (including phenoxy) is 1. The molecule has 1 saturated heterocycles. The standard InChI is InChI=1S/C26H29F2N3O3/c1-16-11-23(34-2)21(20-7-8-29-24(16)20)14-31-10-9-30(19-12-26(27,28)13-19)15-22(31)17-3-5-18(6-4-17)25(32)33/h3-8,11,19,22,29H,9-10,12-15H2,1-2H3,(H,32,33). The molecule has 0 amide bonds. The van der Waals surface area contributed by atoms with E-state index in [1.165, 1.54) is 0 Å². The number of fused-ring (bicyclic) bond motifs is 1. The van der Waals surface area contributed by atoms with E-state index in [0.717, 1.165) is 46.4 Å². The van der Waals surface area contributed by atoms with Crippen molar-refractivity contribution < 1.29 is 23.4 Å². The second-order valence-corrected chi connectivity index (χ2v) is 9.47. The molecule has 1 unspecified atom stereocenters. The van der Waals surface area contributed by atoms with E-state index in [9.17, 15) is 18.7 Å². The summed E-state index contributed by atoms with van der Waals surface area (Å²) in [4.78, 5) is 19.2. The Hall–Kier alpha value is -2.97. The lowest BCUT2D eigenvalue weighted by Crippen LogP contribution is -2.57. The second-order valence-electron chi connectivity index (χ2n) is 9.47. The molecule has 2 aliphatic rings. The van der Waals surface area contributed by atoms with Crippen molar-refractivity contribution in [3.05, 3.63) is 64.8 Å². The Balaban J connectivity index is 1.47. The van der Waals surface area contributed by atoms with Crippen LogP contribution in [-0.2, 0) is 6.54 Å². The van der Waals surface area contributed by atoms with Gasteiger partial charge in [0, 0.05) is 73.8 Å². The molecule has 0 bridgehead atoms. The first-order valence-electron chi connectivity index (χ1n) is 11.6. The Morgan fingerprint density at radius 1 is 1.21 bits per heavy atom. The van der Waals surface area contributed by atoms with E-state index in [1.54, 1.807) is 19.2 Å². The lowest BCUT2D eigenvalue weighted by atomic mass is 9.85.